The minimum Gasteiger partial charge on any atom is -0.398 e. The molecule has 4 heteroatoms. The van der Waals surface area contributed by atoms with Crippen molar-refractivity contribution in [3.63, 3.8) is 0 Å². The first kappa shape index (κ1) is 13.2. The van der Waals surface area contributed by atoms with E-state index in [4.69, 9.17) is 17.3 Å². The van der Waals surface area contributed by atoms with Gasteiger partial charge in [-0.1, -0.05) is 31.5 Å². The number of nitrogens with zero attached hydrogens (tertiary/aromatic N) is 1. The van der Waals surface area contributed by atoms with Crippen molar-refractivity contribution in [2.24, 2.45) is 11.8 Å². The molecule has 2 N–H and O–H groups in total. The summed E-state index contributed by atoms with van der Waals surface area (Å²) in [7, 11) is 0. The van der Waals surface area contributed by atoms with E-state index in [-0.39, 0.29) is 5.91 Å². The standard InChI is InChI=1S/C14H19ClN2O/c1-9-6-7-17(8-10(9)2)14(18)13-11(15)4-3-5-12(13)16/h3-5,9-10H,6-8,16H2,1-2H3. The van der Waals surface area contributed by atoms with E-state index in [1.54, 1.807) is 18.2 Å². The van der Waals surface area contributed by atoms with Gasteiger partial charge in [-0.15, -0.1) is 0 Å². The number of benzene rings is 1. The second kappa shape index (κ2) is 5.19. The predicted octanol–water partition coefficient (Wildman–Crippen LogP) is 3.04. The van der Waals surface area contributed by atoms with Crippen molar-refractivity contribution in [3.8, 4) is 0 Å². The number of halogens is 1. The first-order valence-corrected chi connectivity index (χ1v) is 6.71. The molecule has 1 aliphatic heterocycles. The molecule has 0 aliphatic carbocycles. The van der Waals surface area contributed by atoms with Gasteiger partial charge in [-0.2, -0.15) is 0 Å². The highest BCUT2D eigenvalue weighted by atomic mass is 35.5. The van der Waals surface area contributed by atoms with Gasteiger partial charge in [-0.3, -0.25) is 4.79 Å². The van der Waals surface area contributed by atoms with Crippen LogP contribution in [0.2, 0.25) is 5.02 Å². The van der Waals surface area contributed by atoms with Crippen LogP contribution in [0.25, 0.3) is 0 Å². The second-order valence-corrected chi connectivity index (χ2v) is 5.61. The molecule has 0 saturated carbocycles. The minimum atomic E-state index is -0.0446. The number of hydrogen-bond acceptors (Lipinski definition) is 2. The van der Waals surface area contributed by atoms with Gasteiger partial charge in [0.05, 0.1) is 10.6 Å². The van der Waals surface area contributed by atoms with Gasteiger partial charge >= 0.3 is 0 Å². The second-order valence-electron chi connectivity index (χ2n) is 5.20. The van der Waals surface area contributed by atoms with E-state index in [1.165, 1.54) is 0 Å². The summed E-state index contributed by atoms with van der Waals surface area (Å²) in [6.07, 6.45) is 1.04. The lowest BCUT2D eigenvalue weighted by Crippen LogP contribution is -2.42. The highest BCUT2D eigenvalue weighted by Gasteiger charge is 2.28. The number of nitrogens with two attached hydrogens (primary N) is 1. The van der Waals surface area contributed by atoms with Crippen LogP contribution >= 0.6 is 11.6 Å². The maximum absolute atomic E-state index is 12.5. The Bertz CT molecular complexity index is 441. The van der Waals surface area contributed by atoms with Crippen molar-refractivity contribution < 1.29 is 4.79 Å². The van der Waals surface area contributed by atoms with E-state index in [0.29, 0.717) is 28.1 Å². The first-order valence-electron chi connectivity index (χ1n) is 6.34. The monoisotopic (exact) mass is 266 g/mol. The molecule has 0 radical (unpaired) electrons. The van der Waals surface area contributed by atoms with Crippen molar-refractivity contribution >= 4 is 23.2 Å². The third kappa shape index (κ3) is 2.46. The maximum atomic E-state index is 12.5. The summed E-state index contributed by atoms with van der Waals surface area (Å²) < 4.78 is 0. The van der Waals surface area contributed by atoms with Crippen LogP contribution < -0.4 is 5.73 Å². The topological polar surface area (TPSA) is 46.3 Å². The molecule has 1 aliphatic rings. The maximum Gasteiger partial charge on any atom is 0.257 e. The molecule has 2 atom stereocenters. The SMILES string of the molecule is CC1CCN(C(=O)c2c(N)cccc2Cl)CC1C. The van der Waals surface area contributed by atoms with E-state index in [1.807, 2.05) is 4.90 Å². The summed E-state index contributed by atoms with van der Waals surface area (Å²) in [4.78, 5) is 14.3. The normalized spacial score (nSPS) is 24.1. The lowest BCUT2D eigenvalue weighted by atomic mass is 9.88. The van der Waals surface area contributed by atoms with Crippen molar-refractivity contribution in [3.05, 3.63) is 28.8 Å². The minimum absolute atomic E-state index is 0.0446. The Morgan fingerprint density at radius 2 is 2.11 bits per heavy atom. The molecular formula is C14H19ClN2O. The third-order valence-electron chi connectivity index (χ3n) is 3.88. The molecule has 98 valence electrons. The molecule has 2 rings (SSSR count). The quantitative estimate of drug-likeness (QED) is 0.794. The molecule has 1 fully saturated rings. The highest BCUT2D eigenvalue weighted by Crippen LogP contribution is 2.28. The number of likely N-dealkylation sites (tertiary alicyclic amines) is 1. The number of rotatable bonds is 1. The molecule has 18 heavy (non-hydrogen) atoms. The first-order chi connectivity index (χ1) is 8.50. The van der Waals surface area contributed by atoms with Crippen molar-refractivity contribution in [2.75, 3.05) is 18.8 Å². The van der Waals surface area contributed by atoms with Gasteiger partial charge in [0.25, 0.3) is 5.91 Å². The van der Waals surface area contributed by atoms with Crippen LogP contribution in [0.3, 0.4) is 0 Å². The molecule has 0 bridgehead atoms. The summed E-state index contributed by atoms with van der Waals surface area (Å²) in [6.45, 7) is 5.98. The number of carbonyl (C=O) groups excluding carboxylic acids is 1. The summed E-state index contributed by atoms with van der Waals surface area (Å²) in [5.74, 6) is 1.14. The van der Waals surface area contributed by atoms with Crippen LogP contribution in [0.15, 0.2) is 18.2 Å². The fourth-order valence-corrected chi connectivity index (χ4v) is 2.63. The van der Waals surface area contributed by atoms with Gasteiger partial charge in [0.2, 0.25) is 0 Å². The van der Waals surface area contributed by atoms with Crippen molar-refractivity contribution in [1.29, 1.82) is 0 Å². The van der Waals surface area contributed by atoms with Gasteiger partial charge in [0.1, 0.15) is 0 Å². The Hall–Kier alpha value is -1.22. The number of amides is 1. The van der Waals surface area contributed by atoms with E-state index < -0.39 is 0 Å². The lowest BCUT2D eigenvalue weighted by molar-refractivity contribution is 0.0629. The number of carbonyl (C=O) groups is 1. The molecule has 0 aromatic heterocycles. The predicted molar refractivity (Wildman–Crippen MR) is 74.7 cm³/mol. The Morgan fingerprint density at radius 3 is 2.72 bits per heavy atom. The Morgan fingerprint density at radius 1 is 1.39 bits per heavy atom. The molecule has 1 saturated heterocycles. The molecule has 1 heterocycles. The molecule has 0 spiro atoms. The fraction of sp³-hybridized carbons (Fsp3) is 0.500. The Labute approximate surface area is 113 Å². The molecule has 1 amide bonds. The molecule has 2 unspecified atom stereocenters. The van der Waals surface area contributed by atoms with Gasteiger partial charge in [-0.25, -0.2) is 0 Å². The smallest absolute Gasteiger partial charge is 0.257 e. The van der Waals surface area contributed by atoms with Gasteiger partial charge in [-0.05, 0) is 30.4 Å². The molecular weight excluding hydrogens is 248 g/mol. The fourth-order valence-electron chi connectivity index (χ4n) is 2.37. The Kier molecular flexibility index (Phi) is 3.81. The summed E-state index contributed by atoms with van der Waals surface area (Å²) in [6, 6.07) is 5.19. The number of hydrogen-bond donors (Lipinski definition) is 1. The van der Waals surface area contributed by atoms with Gasteiger partial charge in [0, 0.05) is 18.8 Å². The summed E-state index contributed by atoms with van der Waals surface area (Å²) >= 11 is 6.08. The summed E-state index contributed by atoms with van der Waals surface area (Å²) in [5.41, 5.74) is 6.76. The zero-order valence-electron chi connectivity index (χ0n) is 10.8. The average molecular weight is 267 g/mol. The average Bonchev–Trinajstić information content (AvgIpc) is 2.32. The number of anilines is 1. The number of piperidine rings is 1. The third-order valence-corrected chi connectivity index (χ3v) is 4.20. The molecule has 3 nitrogen and oxygen atoms in total. The van der Waals surface area contributed by atoms with E-state index >= 15 is 0 Å². The van der Waals surface area contributed by atoms with Gasteiger partial charge in [0.15, 0.2) is 0 Å². The van der Waals surface area contributed by atoms with Crippen LogP contribution in [0.4, 0.5) is 5.69 Å². The summed E-state index contributed by atoms with van der Waals surface area (Å²) in [5, 5.41) is 0.436. The van der Waals surface area contributed by atoms with Crippen molar-refractivity contribution in [2.45, 2.75) is 20.3 Å². The van der Waals surface area contributed by atoms with Crippen LogP contribution in [0.1, 0.15) is 30.6 Å². The molecule has 1 aromatic rings. The zero-order valence-corrected chi connectivity index (χ0v) is 11.6. The van der Waals surface area contributed by atoms with E-state index in [0.717, 1.165) is 19.5 Å². The molecule has 1 aromatic carbocycles. The van der Waals surface area contributed by atoms with Crippen LogP contribution in [0.5, 0.6) is 0 Å². The van der Waals surface area contributed by atoms with Crippen LogP contribution in [-0.2, 0) is 0 Å². The zero-order chi connectivity index (χ0) is 13.3. The van der Waals surface area contributed by atoms with Crippen molar-refractivity contribution in [1.82, 2.24) is 4.90 Å². The van der Waals surface area contributed by atoms with Gasteiger partial charge < -0.3 is 10.6 Å². The largest absolute Gasteiger partial charge is 0.398 e. The van der Waals surface area contributed by atoms with Crippen LogP contribution in [-0.4, -0.2) is 23.9 Å². The Balaban J connectivity index is 2.22. The van der Waals surface area contributed by atoms with Crippen LogP contribution in [0, 0.1) is 11.8 Å². The number of nitrogen functional groups attached to an aromatic ring is 1. The highest BCUT2D eigenvalue weighted by molar-refractivity contribution is 6.34. The lowest BCUT2D eigenvalue weighted by Gasteiger charge is -2.35. The van der Waals surface area contributed by atoms with E-state index in [2.05, 4.69) is 13.8 Å². The van der Waals surface area contributed by atoms with E-state index in [9.17, 15) is 4.79 Å².